The van der Waals surface area contributed by atoms with E-state index in [0.717, 1.165) is 32.1 Å². The fourth-order valence-electron chi connectivity index (χ4n) is 5.72. The predicted molar refractivity (Wildman–Crippen MR) is 225 cm³/mol. The van der Waals surface area contributed by atoms with Crippen LogP contribution in [-0.4, -0.2) is 98.3 Å². The van der Waals surface area contributed by atoms with Crippen molar-refractivity contribution in [2.24, 2.45) is 0 Å². The van der Waals surface area contributed by atoms with Crippen LogP contribution in [0.5, 0.6) is 0 Å². The summed E-state index contributed by atoms with van der Waals surface area (Å²) in [7, 11) is -5.14. The minimum absolute atomic E-state index is 0.0102. The van der Waals surface area contributed by atoms with Crippen molar-refractivity contribution >= 4 is 19.8 Å². The minimum atomic E-state index is -5.14. The second kappa shape index (κ2) is 33.8. The van der Waals surface area contributed by atoms with Gasteiger partial charge in [0.2, 0.25) is 0 Å². The van der Waals surface area contributed by atoms with Gasteiger partial charge in [0.05, 0.1) is 6.61 Å². The molecule has 1 aliphatic rings. The normalized spacial score (nSPS) is 23.4. The molecule has 0 amide bonds. The molecule has 8 atom stereocenters. The zero-order valence-corrected chi connectivity index (χ0v) is 35.4. The van der Waals surface area contributed by atoms with E-state index in [1.165, 1.54) is 44.9 Å². The van der Waals surface area contributed by atoms with E-state index in [-0.39, 0.29) is 12.8 Å². The highest BCUT2D eigenvalue weighted by Gasteiger charge is 2.51. The fraction of sp³-hybridized carbons (Fsp3) is 0.636. The molecule has 1 rings (SSSR count). The Bertz CT molecular complexity index is 1340. The standard InChI is InChI=1S/C44H71O13P/c1-3-5-7-9-11-13-15-17-18-19-21-22-24-26-28-30-32-37(45)54-34-36(35-55-58(52,53)57-44-42(50)40(48)39(47)41(49)43(44)51)56-38(46)33-31-29-27-25-23-20-16-14-12-10-8-6-4-2/h6,8,10,12,14,16,18-23,25,27,36,39-44,47-51H,3-5,7,9,11,13,15,17,24,26,28-35H2,1-2H3,(H,52,53)/b8-6+,12-10+,16-14+,19-18+,22-21+,23-20+,27-25+/t36?,39?,40-,41?,42?,43?,44?/m0/s1. The second-order valence-electron chi connectivity index (χ2n) is 14.3. The summed E-state index contributed by atoms with van der Waals surface area (Å²) in [5.41, 5.74) is 0. The number of esters is 2. The molecular formula is C44H71O13P. The molecule has 0 spiro atoms. The van der Waals surface area contributed by atoms with Crippen LogP contribution in [0.15, 0.2) is 85.1 Å². The minimum Gasteiger partial charge on any atom is -0.462 e. The number of aliphatic hydroxyl groups is 5. The lowest BCUT2D eigenvalue weighted by Crippen LogP contribution is -2.64. The SMILES string of the molecule is CC/C=C/C=C/C=C/C=C/C=C/CCCC(=O)OC(COC(=O)CCCCC/C=C/C=C/CCCCCCCCC)COP(=O)(O)OC1C(O)C(O)C(O)[C@H](O)C1O. The highest BCUT2D eigenvalue weighted by molar-refractivity contribution is 7.47. The smallest absolute Gasteiger partial charge is 0.462 e. The van der Waals surface area contributed by atoms with E-state index < -0.39 is 75.7 Å². The number of ether oxygens (including phenoxy) is 2. The Morgan fingerprint density at radius 2 is 1.00 bits per heavy atom. The molecule has 0 radical (unpaired) electrons. The molecule has 0 aliphatic heterocycles. The molecule has 6 N–H and O–H groups in total. The van der Waals surface area contributed by atoms with Crippen LogP contribution in [0.1, 0.15) is 123 Å². The van der Waals surface area contributed by atoms with E-state index in [4.69, 9.17) is 18.5 Å². The average molecular weight is 839 g/mol. The molecule has 13 nitrogen and oxygen atoms in total. The summed E-state index contributed by atoms with van der Waals surface area (Å²) in [6.07, 6.45) is 29.5. The number of rotatable bonds is 32. The van der Waals surface area contributed by atoms with E-state index >= 15 is 0 Å². The zero-order valence-electron chi connectivity index (χ0n) is 34.5. The van der Waals surface area contributed by atoms with E-state index in [2.05, 4.69) is 38.2 Å². The first kappa shape index (κ1) is 53.0. The number of allylic oxidation sites excluding steroid dienone is 14. The van der Waals surface area contributed by atoms with Crippen LogP contribution in [0, 0.1) is 0 Å². The number of unbranched alkanes of at least 4 members (excludes halogenated alkanes) is 11. The molecule has 1 fully saturated rings. The molecule has 0 saturated heterocycles. The average Bonchev–Trinajstić information content (AvgIpc) is 3.20. The van der Waals surface area contributed by atoms with Gasteiger partial charge in [-0.05, 0) is 51.4 Å². The molecule has 1 aliphatic carbocycles. The Labute approximate surface area is 346 Å². The van der Waals surface area contributed by atoms with E-state index in [0.29, 0.717) is 19.3 Å². The van der Waals surface area contributed by atoms with Crippen molar-refractivity contribution in [3.05, 3.63) is 85.1 Å². The number of aliphatic hydroxyl groups excluding tert-OH is 5. The summed E-state index contributed by atoms with van der Waals surface area (Å²) in [5.74, 6) is -1.23. The third kappa shape index (κ3) is 26.2. The molecule has 0 aromatic heterocycles. The van der Waals surface area contributed by atoms with E-state index in [9.17, 15) is 44.6 Å². The molecule has 1 saturated carbocycles. The first-order chi connectivity index (χ1) is 27.9. The highest BCUT2D eigenvalue weighted by atomic mass is 31.2. The first-order valence-corrected chi connectivity index (χ1v) is 22.5. The Kier molecular flexibility index (Phi) is 30.9. The Balaban J connectivity index is 2.58. The molecule has 0 bridgehead atoms. The topological polar surface area (TPSA) is 210 Å². The number of hydrogen-bond donors (Lipinski definition) is 6. The van der Waals surface area contributed by atoms with Crippen LogP contribution in [0.4, 0.5) is 0 Å². The molecule has 0 aromatic rings. The van der Waals surface area contributed by atoms with Crippen molar-refractivity contribution in [3.63, 3.8) is 0 Å². The van der Waals surface area contributed by atoms with E-state index in [1.807, 2.05) is 60.8 Å². The second-order valence-corrected chi connectivity index (χ2v) is 15.7. The van der Waals surface area contributed by atoms with Crippen LogP contribution < -0.4 is 0 Å². The summed E-state index contributed by atoms with van der Waals surface area (Å²) in [4.78, 5) is 35.5. The summed E-state index contributed by atoms with van der Waals surface area (Å²) >= 11 is 0. The Hall–Kier alpha value is -2.97. The van der Waals surface area contributed by atoms with Crippen molar-refractivity contribution in [1.29, 1.82) is 0 Å². The number of hydrogen-bond acceptors (Lipinski definition) is 12. The quantitative estimate of drug-likeness (QED) is 0.0170. The van der Waals surface area contributed by atoms with Crippen molar-refractivity contribution in [3.8, 4) is 0 Å². The first-order valence-electron chi connectivity index (χ1n) is 21.0. The molecule has 58 heavy (non-hydrogen) atoms. The number of carbonyl (C=O) groups is 2. The number of phosphoric acid groups is 1. The van der Waals surface area contributed by atoms with Gasteiger partial charge >= 0.3 is 19.8 Å². The lowest BCUT2D eigenvalue weighted by atomic mass is 9.85. The Morgan fingerprint density at radius 1 is 0.552 bits per heavy atom. The summed E-state index contributed by atoms with van der Waals surface area (Å²) in [6, 6.07) is 0. The van der Waals surface area contributed by atoms with Crippen molar-refractivity contribution in [1.82, 2.24) is 0 Å². The van der Waals surface area contributed by atoms with Crippen LogP contribution in [0.25, 0.3) is 0 Å². The van der Waals surface area contributed by atoms with Crippen LogP contribution in [0.2, 0.25) is 0 Å². The lowest BCUT2D eigenvalue weighted by molar-refractivity contribution is -0.220. The number of phosphoric ester groups is 1. The third-order valence-corrected chi connectivity index (χ3v) is 10.1. The maximum atomic E-state index is 12.8. The maximum Gasteiger partial charge on any atom is 0.472 e. The van der Waals surface area contributed by atoms with Gasteiger partial charge in [-0.2, -0.15) is 0 Å². The predicted octanol–water partition coefficient (Wildman–Crippen LogP) is 7.33. The van der Waals surface area contributed by atoms with Crippen molar-refractivity contribution < 1.29 is 63.1 Å². The Morgan fingerprint density at radius 3 is 1.57 bits per heavy atom. The van der Waals surface area contributed by atoms with Gasteiger partial charge in [0.1, 0.15) is 43.2 Å². The van der Waals surface area contributed by atoms with Crippen LogP contribution in [-0.2, 0) is 32.7 Å². The summed E-state index contributed by atoms with van der Waals surface area (Å²) in [5, 5.41) is 50.0. The third-order valence-electron chi connectivity index (χ3n) is 9.13. The van der Waals surface area contributed by atoms with Gasteiger partial charge in [0, 0.05) is 12.8 Å². The van der Waals surface area contributed by atoms with E-state index in [1.54, 1.807) is 0 Å². The fourth-order valence-corrected chi connectivity index (χ4v) is 6.69. The molecule has 0 heterocycles. The molecular weight excluding hydrogens is 767 g/mol. The van der Waals surface area contributed by atoms with Gasteiger partial charge in [-0.25, -0.2) is 4.57 Å². The van der Waals surface area contributed by atoms with Gasteiger partial charge in [0.15, 0.2) is 6.10 Å². The molecule has 0 aromatic carbocycles. The lowest BCUT2D eigenvalue weighted by Gasteiger charge is -2.41. The molecule has 7 unspecified atom stereocenters. The maximum absolute atomic E-state index is 12.8. The number of carbonyl (C=O) groups excluding carboxylic acids is 2. The van der Waals surface area contributed by atoms with Crippen LogP contribution >= 0.6 is 7.82 Å². The van der Waals surface area contributed by atoms with Crippen molar-refractivity contribution in [2.45, 2.75) is 166 Å². The van der Waals surface area contributed by atoms with Gasteiger partial charge in [-0.1, -0.05) is 144 Å². The van der Waals surface area contributed by atoms with Gasteiger partial charge in [-0.15, -0.1) is 0 Å². The van der Waals surface area contributed by atoms with Gasteiger partial charge < -0.3 is 39.9 Å². The summed E-state index contributed by atoms with van der Waals surface area (Å²) in [6.45, 7) is 3.03. The molecule has 330 valence electrons. The monoisotopic (exact) mass is 838 g/mol. The van der Waals surface area contributed by atoms with Crippen molar-refractivity contribution in [2.75, 3.05) is 13.2 Å². The largest absolute Gasteiger partial charge is 0.472 e. The zero-order chi connectivity index (χ0) is 42.9. The van der Waals surface area contributed by atoms with Gasteiger partial charge in [0.25, 0.3) is 0 Å². The highest BCUT2D eigenvalue weighted by Crippen LogP contribution is 2.47. The summed E-state index contributed by atoms with van der Waals surface area (Å²) < 4.78 is 33.3. The van der Waals surface area contributed by atoms with Crippen LogP contribution in [0.3, 0.4) is 0 Å². The molecule has 14 heteroatoms. The van der Waals surface area contributed by atoms with Gasteiger partial charge in [-0.3, -0.25) is 18.6 Å².